The number of thioether (sulfide) groups is 1. The molecule has 0 spiro atoms. The summed E-state index contributed by atoms with van der Waals surface area (Å²) in [6, 6.07) is 6.21. The summed E-state index contributed by atoms with van der Waals surface area (Å²) in [7, 11) is 1.62. The normalized spacial score (nSPS) is 11.8. The van der Waals surface area contributed by atoms with Crippen molar-refractivity contribution in [2.24, 2.45) is 0 Å². The number of amides is 1. The van der Waals surface area contributed by atoms with E-state index in [4.69, 9.17) is 4.74 Å². The topological polar surface area (TPSA) is 132 Å². The van der Waals surface area contributed by atoms with E-state index in [2.05, 4.69) is 25.8 Å². The Bertz CT molecular complexity index is 1020. The lowest BCUT2D eigenvalue weighted by Crippen LogP contribution is -2.22. The average Bonchev–Trinajstić information content (AvgIpc) is 3.38. The third kappa shape index (κ3) is 5.95. The van der Waals surface area contributed by atoms with Gasteiger partial charge in [0.05, 0.1) is 22.5 Å². The Labute approximate surface area is 184 Å². The molecule has 1 atom stereocenters. The molecule has 0 radical (unpaired) electrons. The predicted molar refractivity (Wildman–Crippen MR) is 118 cm³/mol. The number of nitrogens with one attached hydrogen (secondary N) is 2. The number of anilines is 2. The minimum absolute atomic E-state index is 0.00996. The van der Waals surface area contributed by atoms with Gasteiger partial charge in [0.25, 0.3) is 5.69 Å². The summed E-state index contributed by atoms with van der Waals surface area (Å²) in [5, 5.41) is 27.3. The van der Waals surface area contributed by atoms with Gasteiger partial charge >= 0.3 is 0 Å². The number of rotatable bonds is 10. The number of hydrogen-bond donors (Lipinski definition) is 2. The number of ether oxygens (including phenoxy) is 1. The Hall–Kier alpha value is -2.61. The molecule has 0 aliphatic carbocycles. The van der Waals surface area contributed by atoms with E-state index in [9.17, 15) is 14.9 Å². The van der Waals surface area contributed by atoms with Crippen LogP contribution in [0.5, 0.6) is 0 Å². The molecule has 0 saturated carbocycles. The van der Waals surface area contributed by atoms with Gasteiger partial charge in [-0.25, -0.2) is 4.98 Å². The fourth-order valence-electron chi connectivity index (χ4n) is 2.24. The van der Waals surface area contributed by atoms with Crippen molar-refractivity contribution in [1.82, 2.24) is 15.2 Å². The van der Waals surface area contributed by atoms with Gasteiger partial charge in [-0.3, -0.25) is 14.9 Å². The molecule has 30 heavy (non-hydrogen) atoms. The molecule has 1 aromatic carbocycles. The van der Waals surface area contributed by atoms with Crippen LogP contribution >= 0.6 is 34.4 Å². The number of carbonyl (C=O) groups excluding carboxylic acids is 1. The maximum absolute atomic E-state index is 12.5. The smallest absolute Gasteiger partial charge is 0.270 e. The Balaban J connectivity index is 1.57. The van der Waals surface area contributed by atoms with Gasteiger partial charge in [0.15, 0.2) is 9.47 Å². The second kappa shape index (κ2) is 10.4. The monoisotopic (exact) mass is 466 g/mol. The van der Waals surface area contributed by atoms with E-state index in [0.29, 0.717) is 39.0 Å². The van der Waals surface area contributed by atoms with Crippen LogP contribution in [0, 0.1) is 10.1 Å². The molecule has 1 unspecified atom stereocenters. The van der Waals surface area contributed by atoms with Gasteiger partial charge in [-0.15, -0.1) is 21.5 Å². The number of non-ortho nitro benzene ring substituents is 1. The number of carbonyl (C=O) groups is 1. The fourth-order valence-corrected chi connectivity index (χ4v) is 4.89. The van der Waals surface area contributed by atoms with Gasteiger partial charge in [0.2, 0.25) is 11.0 Å². The summed E-state index contributed by atoms with van der Waals surface area (Å²) in [5.74, 6) is -0.218. The lowest BCUT2D eigenvalue weighted by Gasteiger charge is -2.07. The van der Waals surface area contributed by atoms with Crippen molar-refractivity contribution in [1.29, 1.82) is 0 Å². The summed E-state index contributed by atoms with van der Waals surface area (Å²) >= 11 is 3.93. The maximum Gasteiger partial charge on any atom is 0.270 e. The molecule has 2 heterocycles. The van der Waals surface area contributed by atoms with Crippen LogP contribution < -0.4 is 10.6 Å². The van der Waals surface area contributed by atoms with Crippen LogP contribution in [0.3, 0.4) is 0 Å². The second-order valence-electron chi connectivity index (χ2n) is 5.89. The zero-order valence-corrected chi connectivity index (χ0v) is 18.5. The highest BCUT2D eigenvalue weighted by Crippen LogP contribution is 2.31. The van der Waals surface area contributed by atoms with Crippen molar-refractivity contribution in [3.8, 4) is 11.3 Å². The lowest BCUT2D eigenvalue weighted by atomic mass is 10.1. The van der Waals surface area contributed by atoms with E-state index in [1.54, 1.807) is 31.5 Å². The summed E-state index contributed by atoms with van der Waals surface area (Å²) in [5.41, 5.74) is 1.17. The van der Waals surface area contributed by atoms with Crippen LogP contribution in [0.4, 0.5) is 16.0 Å². The van der Waals surface area contributed by atoms with Crippen LogP contribution in [0.25, 0.3) is 11.3 Å². The first-order valence-electron chi connectivity index (χ1n) is 8.70. The molecule has 2 N–H and O–H groups in total. The van der Waals surface area contributed by atoms with Gasteiger partial charge in [-0.2, -0.15) is 0 Å². The highest BCUT2D eigenvalue weighted by atomic mass is 32.2. The number of aromatic nitrogens is 3. The molecule has 3 aromatic rings. The SMILES string of the molecule is COCCNc1nnc(SC(C)C(=O)Nc2nc(-c3cccc([N+](=O)[O-])c3)cs2)s1. The Morgan fingerprint density at radius 3 is 2.97 bits per heavy atom. The number of hydrogen-bond acceptors (Lipinski definition) is 11. The van der Waals surface area contributed by atoms with E-state index in [-0.39, 0.29) is 11.6 Å². The molecule has 158 valence electrons. The largest absolute Gasteiger partial charge is 0.383 e. The zero-order chi connectivity index (χ0) is 21.5. The number of methoxy groups -OCH3 is 1. The third-order valence-electron chi connectivity index (χ3n) is 3.72. The molecule has 10 nitrogen and oxygen atoms in total. The first kappa shape index (κ1) is 22.1. The molecular formula is C17H18N6O4S3. The van der Waals surface area contributed by atoms with Crippen molar-refractivity contribution in [3.05, 3.63) is 39.8 Å². The zero-order valence-electron chi connectivity index (χ0n) is 16.0. The molecule has 0 saturated heterocycles. The van der Waals surface area contributed by atoms with E-state index >= 15 is 0 Å². The number of benzene rings is 1. The van der Waals surface area contributed by atoms with E-state index in [0.717, 1.165) is 0 Å². The molecule has 0 fully saturated rings. The fraction of sp³-hybridized carbons (Fsp3) is 0.294. The maximum atomic E-state index is 12.5. The van der Waals surface area contributed by atoms with E-state index < -0.39 is 10.2 Å². The lowest BCUT2D eigenvalue weighted by molar-refractivity contribution is -0.384. The van der Waals surface area contributed by atoms with Crippen molar-refractivity contribution in [2.45, 2.75) is 16.5 Å². The Kier molecular flexibility index (Phi) is 7.68. The molecule has 13 heteroatoms. The quantitative estimate of drug-likeness (QED) is 0.198. The first-order valence-corrected chi connectivity index (χ1v) is 11.3. The Morgan fingerprint density at radius 2 is 2.20 bits per heavy atom. The van der Waals surface area contributed by atoms with Crippen LogP contribution in [0.2, 0.25) is 0 Å². The predicted octanol–water partition coefficient (Wildman–Crippen LogP) is 3.75. The van der Waals surface area contributed by atoms with E-state index in [1.807, 2.05) is 0 Å². The van der Waals surface area contributed by atoms with Crippen molar-refractivity contribution in [2.75, 3.05) is 30.9 Å². The van der Waals surface area contributed by atoms with Crippen LogP contribution in [-0.4, -0.2) is 51.5 Å². The molecule has 1 amide bonds. The number of nitro benzene ring substituents is 1. The highest BCUT2D eigenvalue weighted by Gasteiger charge is 2.19. The number of nitrogens with zero attached hydrogens (tertiary/aromatic N) is 4. The van der Waals surface area contributed by atoms with Crippen LogP contribution in [0.1, 0.15) is 6.92 Å². The van der Waals surface area contributed by atoms with Crippen LogP contribution in [0.15, 0.2) is 34.0 Å². The van der Waals surface area contributed by atoms with Gasteiger partial charge in [0.1, 0.15) is 0 Å². The molecule has 0 aliphatic heterocycles. The van der Waals surface area contributed by atoms with Gasteiger partial charge in [-0.1, -0.05) is 35.2 Å². The third-order valence-corrected chi connectivity index (χ3v) is 6.55. The van der Waals surface area contributed by atoms with Crippen molar-refractivity contribution < 1.29 is 14.5 Å². The minimum Gasteiger partial charge on any atom is -0.383 e. The minimum atomic E-state index is -0.455. The molecule has 0 bridgehead atoms. The van der Waals surface area contributed by atoms with Gasteiger partial charge < -0.3 is 15.4 Å². The summed E-state index contributed by atoms with van der Waals surface area (Å²) in [6.45, 7) is 2.96. The van der Waals surface area contributed by atoms with Crippen molar-refractivity contribution >= 4 is 56.3 Å². The number of thiazole rings is 1. The summed E-state index contributed by atoms with van der Waals surface area (Å²) in [4.78, 5) is 27.3. The van der Waals surface area contributed by atoms with Crippen LogP contribution in [-0.2, 0) is 9.53 Å². The van der Waals surface area contributed by atoms with Gasteiger partial charge in [0, 0.05) is 36.7 Å². The summed E-state index contributed by atoms with van der Waals surface area (Å²) in [6.07, 6.45) is 0. The number of nitro groups is 1. The molecule has 3 rings (SSSR count). The van der Waals surface area contributed by atoms with Crippen molar-refractivity contribution in [3.63, 3.8) is 0 Å². The molecule has 2 aromatic heterocycles. The molecular weight excluding hydrogens is 448 g/mol. The summed E-state index contributed by atoms with van der Waals surface area (Å²) < 4.78 is 5.65. The van der Waals surface area contributed by atoms with Gasteiger partial charge in [-0.05, 0) is 6.92 Å². The average molecular weight is 467 g/mol. The second-order valence-corrected chi connectivity index (χ2v) is 9.31. The Morgan fingerprint density at radius 1 is 1.37 bits per heavy atom. The highest BCUT2D eigenvalue weighted by molar-refractivity contribution is 8.02. The first-order chi connectivity index (χ1) is 14.5. The molecule has 0 aliphatic rings. The van der Waals surface area contributed by atoms with E-state index in [1.165, 1.54) is 46.6 Å². The standard InChI is InChI=1S/C17H18N6O4S3/c1-10(29-17-22-21-15(30-17)18-6-7-27-2)14(24)20-16-19-13(9-28-16)11-4-3-5-12(8-11)23(25)26/h3-5,8-10H,6-7H2,1-2H3,(H,18,21)(H,19,20,24).